The van der Waals surface area contributed by atoms with Crippen LogP contribution in [0.2, 0.25) is 0 Å². The first-order valence-corrected chi connectivity index (χ1v) is 8.66. The van der Waals surface area contributed by atoms with Crippen molar-refractivity contribution in [2.45, 2.75) is 51.8 Å². The van der Waals surface area contributed by atoms with Crippen LogP contribution in [-0.4, -0.2) is 28.4 Å². The van der Waals surface area contributed by atoms with Gasteiger partial charge in [0, 0.05) is 12.3 Å². The fraction of sp³-hybridized carbons (Fsp3) is 0.474. The maximum Gasteiger partial charge on any atom is 0.245 e. The molecule has 1 aromatic heterocycles. The molecule has 1 amide bonds. The van der Waals surface area contributed by atoms with E-state index in [1.165, 1.54) is 12.1 Å². The molecule has 3 rings (SSSR count). The molecule has 1 fully saturated rings. The second kappa shape index (κ2) is 7.35. The fourth-order valence-corrected chi connectivity index (χ4v) is 3.35. The minimum atomic E-state index is -0.432. The first-order chi connectivity index (χ1) is 12.0. The summed E-state index contributed by atoms with van der Waals surface area (Å²) in [7, 11) is 0. The van der Waals surface area contributed by atoms with Gasteiger partial charge in [-0.2, -0.15) is 5.10 Å². The monoisotopic (exact) mass is 345 g/mol. The molecule has 1 aliphatic rings. The molecule has 25 heavy (non-hydrogen) atoms. The van der Waals surface area contributed by atoms with Crippen LogP contribution in [0.25, 0.3) is 0 Å². The zero-order chi connectivity index (χ0) is 18.0. The standard InChI is InChI=1S/C19H24FN3O2/c1-12-11-13(2)23(22-12)14(3)19(24)21-18(17-5-4-10-25-17)15-6-8-16(20)9-7-15/h6-9,11,14,17-18H,4-5,10H2,1-3H3,(H,21,24)/t14-,17-,18+/m1/s1. The normalized spacial score (nSPS) is 19.6. The van der Waals surface area contributed by atoms with E-state index in [0.717, 1.165) is 29.8 Å². The van der Waals surface area contributed by atoms with Crippen molar-refractivity contribution in [3.05, 3.63) is 53.1 Å². The van der Waals surface area contributed by atoms with Gasteiger partial charge in [-0.3, -0.25) is 9.48 Å². The van der Waals surface area contributed by atoms with Crippen molar-refractivity contribution in [1.29, 1.82) is 0 Å². The molecular weight excluding hydrogens is 321 g/mol. The molecule has 1 N–H and O–H groups in total. The first kappa shape index (κ1) is 17.6. The highest BCUT2D eigenvalue weighted by molar-refractivity contribution is 5.80. The van der Waals surface area contributed by atoms with Gasteiger partial charge in [0.25, 0.3) is 0 Å². The van der Waals surface area contributed by atoms with Crippen molar-refractivity contribution in [2.24, 2.45) is 0 Å². The van der Waals surface area contributed by atoms with Gasteiger partial charge in [0.05, 0.1) is 17.8 Å². The number of halogens is 1. The molecule has 0 radical (unpaired) electrons. The number of ether oxygens (including phenoxy) is 1. The lowest BCUT2D eigenvalue weighted by molar-refractivity contribution is -0.126. The van der Waals surface area contributed by atoms with Crippen LogP contribution in [0.15, 0.2) is 30.3 Å². The Morgan fingerprint density at radius 2 is 2.08 bits per heavy atom. The minimum Gasteiger partial charge on any atom is -0.376 e. The van der Waals surface area contributed by atoms with Crippen LogP contribution in [0, 0.1) is 19.7 Å². The Labute approximate surface area is 147 Å². The van der Waals surface area contributed by atoms with Gasteiger partial charge >= 0.3 is 0 Å². The number of hydrogen-bond acceptors (Lipinski definition) is 3. The van der Waals surface area contributed by atoms with Crippen LogP contribution in [0.4, 0.5) is 4.39 Å². The maximum atomic E-state index is 13.3. The Kier molecular flexibility index (Phi) is 5.18. The molecular formula is C19H24FN3O2. The van der Waals surface area contributed by atoms with Gasteiger partial charge in [0.15, 0.2) is 0 Å². The lowest BCUT2D eigenvalue weighted by Crippen LogP contribution is -2.40. The van der Waals surface area contributed by atoms with Gasteiger partial charge in [-0.25, -0.2) is 4.39 Å². The number of benzene rings is 1. The lowest BCUT2D eigenvalue weighted by Gasteiger charge is -2.26. The van der Waals surface area contributed by atoms with Crippen molar-refractivity contribution in [1.82, 2.24) is 15.1 Å². The highest BCUT2D eigenvalue weighted by atomic mass is 19.1. The molecule has 2 aromatic rings. The highest BCUT2D eigenvalue weighted by Gasteiger charge is 2.30. The van der Waals surface area contributed by atoms with Crippen LogP contribution >= 0.6 is 0 Å². The molecule has 0 saturated carbocycles. The average molecular weight is 345 g/mol. The second-order valence-corrected chi connectivity index (χ2v) is 6.64. The van der Waals surface area contributed by atoms with Gasteiger partial charge in [-0.15, -0.1) is 0 Å². The average Bonchev–Trinajstić information content (AvgIpc) is 3.22. The Balaban J connectivity index is 1.80. The maximum absolute atomic E-state index is 13.3. The van der Waals surface area contributed by atoms with Crippen LogP contribution in [-0.2, 0) is 9.53 Å². The first-order valence-electron chi connectivity index (χ1n) is 8.66. The van der Waals surface area contributed by atoms with Gasteiger partial charge in [-0.1, -0.05) is 12.1 Å². The summed E-state index contributed by atoms with van der Waals surface area (Å²) in [6.07, 6.45) is 1.74. The van der Waals surface area contributed by atoms with Gasteiger partial charge in [0.1, 0.15) is 11.9 Å². The molecule has 1 saturated heterocycles. The summed E-state index contributed by atoms with van der Waals surface area (Å²) >= 11 is 0. The highest BCUT2D eigenvalue weighted by Crippen LogP contribution is 2.28. The van der Waals surface area contributed by atoms with Gasteiger partial charge in [0.2, 0.25) is 5.91 Å². The number of rotatable bonds is 5. The van der Waals surface area contributed by atoms with E-state index < -0.39 is 6.04 Å². The number of hydrogen-bond donors (Lipinski definition) is 1. The molecule has 6 heteroatoms. The van der Waals surface area contributed by atoms with Crippen molar-refractivity contribution in [2.75, 3.05) is 6.61 Å². The molecule has 3 atom stereocenters. The Morgan fingerprint density at radius 1 is 1.36 bits per heavy atom. The van der Waals surface area contributed by atoms with E-state index in [0.29, 0.717) is 6.61 Å². The SMILES string of the molecule is Cc1cc(C)n([C@H](C)C(=O)N[C@@H](c2ccc(F)cc2)[C@H]2CCCO2)n1. The summed E-state index contributed by atoms with van der Waals surface area (Å²) in [5, 5.41) is 7.48. The molecule has 1 aromatic carbocycles. The van der Waals surface area contributed by atoms with E-state index in [9.17, 15) is 9.18 Å². The minimum absolute atomic E-state index is 0.0953. The van der Waals surface area contributed by atoms with Crippen molar-refractivity contribution in [3.8, 4) is 0 Å². The largest absolute Gasteiger partial charge is 0.376 e. The number of nitrogens with one attached hydrogen (secondary N) is 1. The number of nitrogens with zero attached hydrogens (tertiary/aromatic N) is 2. The fourth-order valence-electron chi connectivity index (χ4n) is 3.35. The number of amides is 1. The van der Waals surface area contributed by atoms with Crippen molar-refractivity contribution in [3.63, 3.8) is 0 Å². The number of aromatic nitrogens is 2. The third kappa shape index (κ3) is 3.90. The smallest absolute Gasteiger partial charge is 0.245 e. The molecule has 0 spiro atoms. The van der Waals surface area contributed by atoms with E-state index in [2.05, 4.69) is 10.4 Å². The topological polar surface area (TPSA) is 56.2 Å². The summed E-state index contributed by atoms with van der Waals surface area (Å²) in [6.45, 7) is 6.35. The molecule has 134 valence electrons. The Morgan fingerprint density at radius 3 is 2.64 bits per heavy atom. The zero-order valence-electron chi connectivity index (χ0n) is 14.8. The quantitative estimate of drug-likeness (QED) is 0.905. The Hall–Kier alpha value is -2.21. The lowest BCUT2D eigenvalue weighted by atomic mass is 9.99. The summed E-state index contributed by atoms with van der Waals surface area (Å²) in [5.41, 5.74) is 2.67. The van der Waals surface area contributed by atoms with Crippen molar-refractivity contribution >= 4 is 5.91 Å². The third-order valence-electron chi connectivity index (χ3n) is 4.65. The second-order valence-electron chi connectivity index (χ2n) is 6.64. The molecule has 5 nitrogen and oxygen atoms in total. The van der Waals surface area contributed by atoms with Gasteiger partial charge in [-0.05, 0) is 57.4 Å². The predicted octanol–water partition coefficient (Wildman–Crippen LogP) is 3.24. The summed E-state index contributed by atoms with van der Waals surface area (Å²) < 4.78 is 20.8. The van der Waals surface area contributed by atoms with Crippen molar-refractivity contribution < 1.29 is 13.9 Å². The third-order valence-corrected chi connectivity index (χ3v) is 4.65. The molecule has 2 heterocycles. The molecule has 0 unspecified atom stereocenters. The van der Waals surface area contributed by atoms with Crippen LogP contribution in [0.5, 0.6) is 0 Å². The number of carbonyl (C=O) groups excluding carboxylic acids is 1. The predicted molar refractivity (Wildman–Crippen MR) is 92.7 cm³/mol. The van der Waals surface area contributed by atoms with Crippen LogP contribution < -0.4 is 5.32 Å². The summed E-state index contributed by atoms with van der Waals surface area (Å²) in [6, 6.07) is 7.45. The van der Waals surface area contributed by atoms with E-state index in [4.69, 9.17) is 4.74 Å². The summed E-state index contributed by atoms with van der Waals surface area (Å²) in [4.78, 5) is 12.8. The number of carbonyl (C=O) groups is 1. The van der Waals surface area contributed by atoms with Gasteiger partial charge < -0.3 is 10.1 Å². The molecule has 0 aliphatic carbocycles. The van der Waals surface area contributed by atoms with E-state index in [1.807, 2.05) is 26.8 Å². The Bertz CT molecular complexity index is 736. The van der Waals surface area contributed by atoms with E-state index >= 15 is 0 Å². The van der Waals surface area contributed by atoms with E-state index in [1.54, 1.807) is 16.8 Å². The van der Waals surface area contributed by atoms with E-state index in [-0.39, 0.29) is 23.9 Å². The number of aryl methyl sites for hydroxylation is 2. The van der Waals surface area contributed by atoms with Crippen LogP contribution in [0.1, 0.15) is 48.8 Å². The molecule has 1 aliphatic heterocycles. The summed E-state index contributed by atoms with van der Waals surface area (Å²) in [5.74, 6) is -0.423. The molecule has 0 bridgehead atoms. The van der Waals surface area contributed by atoms with Crippen LogP contribution in [0.3, 0.4) is 0 Å². The zero-order valence-corrected chi connectivity index (χ0v) is 14.8.